The summed E-state index contributed by atoms with van der Waals surface area (Å²) in [5.41, 5.74) is 0. The molecule has 8 heteroatoms. The molecule has 0 aromatic heterocycles. The summed E-state index contributed by atoms with van der Waals surface area (Å²) in [7, 11) is 0. The van der Waals surface area contributed by atoms with Crippen molar-refractivity contribution in [3.8, 4) is 0 Å². The van der Waals surface area contributed by atoms with Crippen LogP contribution in [0.5, 0.6) is 0 Å². The van der Waals surface area contributed by atoms with E-state index >= 15 is 0 Å². The van der Waals surface area contributed by atoms with E-state index in [0.717, 1.165) is 12.8 Å². The van der Waals surface area contributed by atoms with Crippen LogP contribution in [0.1, 0.15) is 26.2 Å². The van der Waals surface area contributed by atoms with E-state index in [4.69, 9.17) is 14.9 Å². The summed E-state index contributed by atoms with van der Waals surface area (Å²) in [6.45, 7) is 1.54. The molecular formula is C12H20N2O6. The Hall–Kier alpha value is -1.83. The second kappa shape index (κ2) is 7.68. The smallest absolute Gasteiger partial charge is 0.328 e. The maximum absolute atomic E-state index is 12.0. The number of rotatable bonds is 5. The highest BCUT2D eigenvalue weighted by atomic mass is 16.5. The number of hydrogen-bond donors (Lipinski definition) is 3. The zero-order chi connectivity index (χ0) is 15.1. The number of aliphatic carboxylic acids is 1. The fourth-order valence-electron chi connectivity index (χ4n) is 2.08. The lowest BCUT2D eigenvalue weighted by Gasteiger charge is -2.34. The number of carbonyl (C=O) groups is 3. The molecule has 1 aliphatic rings. The van der Waals surface area contributed by atoms with Crippen molar-refractivity contribution in [2.24, 2.45) is 0 Å². The van der Waals surface area contributed by atoms with Gasteiger partial charge < -0.3 is 25.2 Å². The molecule has 2 amide bonds. The molecule has 0 saturated carbocycles. The van der Waals surface area contributed by atoms with Crippen LogP contribution >= 0.6 is 0 Å². The standard InChI is InChI=1S/C12H20N2O6/c1-2-20-11(18)9-5-3-4-6-14(9)12(19)13-8(7-15)10(16)17/h8-9,15H,2-7H2,1H3,(H,13,19)(H,16,17)/t8-,9?/m0/s1. The molecule has 0 aromatic rings. The van der Waals surface area contributed by atoms with E-state index in [1.165, 1.54) is 4.90 Å². The largest absolute Gasteiger partial charge is 0.480 e. The van der Waals surface area contributed by atoms with Gasteiger partial charge in [-0.25, -0.2) is 14.4 Å². The summed E-state index contributed by atoms with van der Waals surface area (Å²) >= 11 is 0. The van der Waals surface area contributed by atoms with Crippen molar-refractivity contribution >= 4 is 18.0 Å². The molecule has 20 heavy (non-hydrogen) atoms. The van der Waals surface area contributed by atoms with Crippen LogP contribution in [0.15, 0.2) is 0 Å². The van der Waals surface area contributed by atoms with Crippen molar-refractivity contribution in [2.75, 3.05) is 19.8 Å². The van der Waals surface area contributed by atoms with Crippen LogP contribution in [0.4, 0.5) is 4.79 Å². The number of ether oxygens (including phenoxy) is 1. The summed E-state index contributed by atoms with van der Waals surface area (Å²) in [5, 5.41) is 19.9. The third-order valence-corrected chi connectivity index (χ3v) is 3.10. The van der Waals surface area contributed by atoms with Gasteiger partial charge >= 0.3 is 18.0 Å². The quantitative estimate of drug-likeness (QED) is 0.590. The van der Waals surface area contributed by atoms with Crippen molar-refractivity contribution in [2.45, 2.75) is 38.3 Å². The van der Waals surface area contributed by atoms with E-state index in [2.05, 4.69) is 5.32 Å². The molecule has 0 aliphatic carbocycles. The number of carboxylic acid groups (broad SMARTS) is 1. The molecule has 1 unspecified atom stereocenters. The zero-order valence-electron chi connectivity index (χ0n) is 11.4. The summed E-state index contributed by atoms with van der Waals surface area (Å²) in [4.78, 5) is 35.9. The summed E-state index contributed by atoms with van der Waals surface area (Å²) < 4.78 is 4.91. The third-order valence-electron chi connectivity index (χ3n) is 3.10. The molecule has 3 N–H and O–H groups in total. The van der Waals surface area contributed by atoms with Gasteiger partial charge in [0.15, 0.2) is 6.04 Å². The Morgan fingerprint density at radius 2 is 2.10 bits per heavy atom. The lowest BCUT2D eigenvalue weighted by atomic mass is 10.0. The van der Waals surface area contributed by atoms with E-state index < -0.39 is 36.7 Å². The van der Waals surface area contributed by atoms with Crippen molar-refractivity contribution in [3.05, 3.63) is 0 Å². The van der Waals surface area contributed by atoms with Crippen LogP contribution in [0.2, 0.25) is 0 Å². The SMILES string of the molecule is CCOC(=O)C1CCCCN1C(=O)N[C@@H](CO)C(=O)O. The fraction of sp³-hybridized carbons (Fsp3) is 0.750. The molecule has 0 bridgehead atoms. The Bertz CT molecular complexity index is 373. The topological polar surface area (TPSA) is 116 Å². The van der Waals surface area contributed by atoms with Crippen LogP contribution in [0.25, 0.3) is 0 Å². The van der Waals surface area contributed by atoms with E-state index in [0.29, 0.717) is 13.0 Å². The van der Waals surface area contributed by atoms with Gasteiger partial charge in [-0.2, -0.15) is 0 Å². The number of carboxylic acids is 1. The number of amides is 2. The average molecular weight is 288 g/mol. The molecule has 1 heterocycles. The van der Waals surface area contributed by atoms with Gasteiger partial charge in [-0.1, -0.05) is 0 Å². The highest BCUT2D eigenvalue weighted by Gasteiger charge is 2.34. The van der Waals surface area contributed by atoms with E-state index in [-0.39, 0.29) is 6.61 Å². The first kappa shape index (κ1) is 16.2. The predicted octanol–water partition coefficient (Wildman–Crippen LogP) is -0.441. The van der Waals surface area contributed by atoms with Gasteiger partial charge in [0.1, 0.15) is 6.04 Å². The van der Waals surface area contributed by atoms with Gasteiger partial charge in [0.2, 0.25) is 0 Å². The molecule has 1 fully saturated rings. The Morgan fingerprint density at radius 3 is 2.65 bits per heavy atom. The summed E-state index contributed by atoms with van der Waals surface area (Å²) in [6.07, 6.45) is 2.03. The van der Waals surface area contributed by atoms with Crippen LogP contribution < -0.4 is 5.32 Å². The number of nitrogens with one attached hydrogen (secondary N) is 1. The number of urea groups is 1. The second-order valence-corrected chi connectivity index (χ2v) is 4.48. The number of esters is 1. The molecule has 114 valence electrons. The summed E-state index contributed by atoms with van der Waals surface area (Å²) in [6, 6.07) is -2.76. The molecule has 1 aliphatic heterocycles. The minimum atomic E-state index is -1.38. The van der Waals surface area contributed by atoms with Gasteiger partial charge in [-0.15, -0.1) is 0 Å². The Kier molecular flexibility index (Phi) is 6.23. The van der Waals surface area contributed by atoms with Crippen LogP contribution in [0, 0.1) is 0 Å². The number of nitrogens with zero attached hydrogens (tertiary/aromatic N) is 1. The maximum Gasteiger partial charge on any atom is 0.328 e. The molecule has 0 aromatic carbocycles. The molecular weight excluding hydrogens is 268 g/mol. The third kappa shape index (κ3) is 4.09. The number of aliphatic hydroxyl groups excluding tert-OH is 1. The minimum absolute atomic E-state index is 0.221. The van der Waals surface area contributed by atoms with Crippen molar-refractivity contribution in [3.63, 3.8) is 0 Å². The van der Waals surface area contributed by atoms with Gasteiger partial charge in [0.25, 0.3) is 0 Å². The molecule has 1 saturated heterocycles. The molecule has 0 spiro atoms. The predicted molar refractivity (Wildman–Crippen MR) is 68.0 cm³/mol. The van der Waals surface area contributed by atoms with Crippen molar-refractivity contribution in [1.29, 1.82) is 0 Å². The monoisotopic (exact) mass is 288 g/mol. The zero-order valence-corrected chi connectivity index (χ0v) is 11.4. The molecule has 8 nitrogen and oxygen atoms in total. The van der Waals surface area contributed by atoms with E-state index in [1.807, 2.05) is 0 Å². The van der Waals surface area contributed by atoms with Crippen molar-refractivity contribution < 1.29 is 29.3 Å². The number of hydrogen-bond acceptors (Lipinski definition) is 5. The number of likely N-dealkylation sites (tertiary alicyclic amines) is 1. The lowest BCUT2D eigenvalue weighted by Crippen LogP contribution is -2.56. The first-order valence-corrected chi connectivity index (χ1v) is 6.58. The summed E-state index contributed by atoms with van der Waals surface area (Å²) in [5.74, 6) is -1.82. The first-order valence-electron chi connectivity index (χ1n) is 6.58. The lowest BCUT2D eigenvalue weighted by molar-refractivity contribution is -0.149. The number of aliphatic hydroxyl groups is 1. The fourth-order valence-corrected chi connectivity index (χ4v) is 2.08. The highest BCUT2D eigenvalue weighted by Crippen LogP contribution is 2.18. The normalized spacial score (nSPS) is 20.1. The number of piperidine rings is 1. The van der Waals surface area contributed by atoms with Gasteiger partial charge in [-0.05, 0) is 26.2 Å². The Balaban J connectivity index is 2.71. The Labute approximate surface area is 116 Å². The van der Waals surface area contributed by atoms with Gasteiger partial charge in [0.05, 0.1) is 13.2 Å². The number of carbonyl (C=O) groups excluding carboxylic acids is 2. The van der Waals surface area contributed by atoms with Crippen molar-refractivity contribution in [1.82, 2.24) is 10.2 Å². The van der Waals surface area contributed by atoms with E-state index in [9.17, 15) is 14.4 Å². The molecule has 0 radical (unpaired) electrons. The Morgan fingerprint density at radius 1 is 1.40 bits per heavy atom. The van der Waals surface area contributed by atoms with Gasteiger partial charge in [0, 0.05) is 6.54 Å². The first-order chi connectivity index (χ1) is 9.51. The van der Waals surface area contributed by atoms with Crippen LogP contribution in [-0.4, -0.2) is 64.9 Å². The average Bonchev–Trinajstić information content (AvgIpc) is 2.44. The van der Waals surface area contributed by atoms with E-state index in [1.54, 1.807) is 6.92 Å². The van der Waals surface area contributed by atoms with Crippen LogP contribution in [-0.2, 0) is 14.3 Å². The molecule has 2 atom stereocenters. The second-order valence-electron chi connectivity index (χ2n) is 4.48. The molecule has 1 rings (SSSR count). The van der Waals surface area contributed by atoms with Gasteiger partial charge in [-0.3, -0.25) is 0 Å². The maximum atomic E-state index is 12.0. The highest BCUT2D eigenvalue weighted by molar-refractivity contribution is 5.86. The van der Waals surface area contributed by atoms with Crippen LogP contribution in [0.3, 0.4) is 0 Å². The minimum Gasteiger partial charge on any atom is -0.480 e.